The molecule has 1 spiro atoms. The molecule has 8 nitrogen and oxygen atoms in total. The molecule has 3 aliphatic rings. The monoisotopic (exact) mass is 476 g/mol. The van der Waals surface area contributed by atoms with Crippen molar-refractivity contribution < 1.29 is 19.1 Å². The predicted octanol–water partition coefficient (Wildman–Crippen LogP) is 3.33. The van der Waals surface area contributed by atoms with E-state index in [0.717, 1.165) is 48.9 Å². The minimum atomic E-state index is -0.602. The van der Waals surface area contributed by atoms with Crippen molar-refractivity contribution in [3.63, 3.8) is 0 Å². The van der Waals surface area contributed by atoms with Crippen molar-refractivity contribution in [2.24, 2.45) is 5.92 Å². The summed E-state index contributed by atoms with van der Waals surface area (Å²) in [6, 6.07) is 8.62. The molecule has 3 amide bonds. The van der Waals surface area contributed by atoms with Crippen LogP contribution in [-0.2, 0) is 31.0 Å². The fourth-order valence-electron chi connectivity index (χ4n) is 5.72. The largest absolute Gasteiger partial charge is 0.381 e. The molecule has 35 heavy (non-hydrogen) atoms. The number of fused-ring (bicyclic) bond motifs is 2. The number of rotatable bonds is 6. The lowest BCUT2D eigenvalue weighted by atomic mass is 9.75. The van der Waals surface area contributed by atoms with Crippen LogP contribution in [0.2, 0.25) is 0 Å². The summed E-state index contributed by atoms with van der Waals surface area (Å²) in [6.07, 6.45) is 9.95. The Balaban J connectivity index is 1.31. The molecule has 2 aliphatic heterocycles. The number of ether oxygens (including phenoxy) is 1. The van der Waals surface area contributed by atoms with Crippen molar-refractivity contribution in [1.29, 1.82) is 0 Å². The van der Waals surface area contributed by atoms with Gasteiger partial charge in [-0.1, -0.05) is 25.3 Å². The second-order valence-corrected chi connectivity index (χ2v) is 9.87. The summed E-state index contributed by atoms with van der Waals surface area (Å²) in [7, 11) is 0. The molecule has 184 valence electrons. The van der Waals surface area contributed by atoms with E-state index in [0.29, 0.717) is 31.7 Å². The van der Waals surface area contributed by atoms with Crippen molar-refractivity contribution in [1.82, 2.24) is 10.3 Å². The zero-order chi connectivity index (χ0) is 24.3. The third kappa shape index (κ3) is 4.93. The maximum Gasteiger partial charge on any atom is 0.247 e. The smallest absolute Gasteiger partial charge is 0.247 e. The van der Waals surface area contributed by atoms with E-state index in [1.807, 2.05) is 18.2 Å². The molecule has 1 atom stereocenters. The summed E-state index contributed by atoms with van der Waals surface area (Å²) in [5.74, 6) is -0.290. The van der Waals surface area contributed by atoms with Crippen LogP contribution in [0.1, 0.15) is 56.1 Å². The summed E-state index contributed by atoms with van der Waals surface area (Å²) in [5, 5.41) is 9.01. The highest BCUT2D eigenvalue weighted by Gasteiger charge is 2.47. The normalized spacial score (nSPS) is 20.1. The molecule has 1 aliphatic carbocycles. The van der Waals surface area contributed by atoms with Crippen LogP contribution in [0.15, 0.2) is 42.7 Å². The molecule has 1 unspecified atom stereocenters. The van der Waals surface area contributed by atoms with Crippen LogP contribution in [0.3, 0.4) is 0 Å². The van der Waals surface area contributed by atoms with Gasteiger partial charge in [-0.25, -0.2) is 0 Å². The molecular weight excluding hydrogens is 444 g/mol. The fourth-order valence-corrected chi connectivity index (χ4v) is 5.72. The van der Waals surface area contributed by atoms with Crippen LogP contribution < -0.4 is 16.0 Å². The number of pyridine rings is 1. The van der Waals surface area contributed by atoms with Crippen molar-refractivity contribution in [3.05, 3.63) is 53.9 Å². The summed E-state index contributed by atoms with van der Waals surface area (Å²) >= 11 is 0. The molecule has 2 aromatic rings. The molecule has 8 heteroatoms. The Morgan fingerprint density at radius 1 is 1.09 bits per heavy atom. The number of nitrogens with zero attached hydrogens (tertiary/aromatic N) is 1. The number of anilines is 2. The van der Waals surface area contributed by atoms with Crippen molar-refractivity contribution in [2.75, 3.05) is 23.8 Å². The molecule has 0 bridgehead atoms. The number of aromatic nitrogens is 1. The third-order valence-corrected chi connectivity index (χ3v) is 7.67. The summed E-state index contributed by atoms with van der Waals surface area (Å²) in [5.41, 5.74) is 2.64. The second-order valence-electron chi connectivity index (χ2n) is 9.87. The van der Waals surface area contributed by atoms with Crippen LogP contribution in [-0.4, -0.2) is 42.0 Å². The van der Waals surface area contributed by atoms with Gasteiger partial charge in [0.15, 0.2) is 0 Å². The molecule has 1 aromatic carbocycles. The Morgan fingerprint density at radius 2 is 1.83 bits per heavy atom. The molecule has 2 fully saturated rings. The van der Waals surface area contributed by atoms with E-state index in [1.54, 1.807) is 24.5 Å². The zero-order valence-electron chi connectivity index (χ0n) is 19.8. The van der Waals surface area contributed by atoms with E-state index in [1.165, 1.54) is 0 Å². The first-order valence-corrected chi connectivity index (χ1v) is 12.6. The molecule has 1 saturated carbocycles. The van der Waals surface area contributed by atoms with E-state index < -0.39 is 11.5 Å². The molecule has 0 radical (unpaired) electrons. The number of nitrogens with one attached hydrogen (secondary N) is 3. The number of amides is 3. The molecule has 3 N–H and O–H groups in total. The van der Waals surface area contributed by atoms with Crippen LogP contribution in [0, 0.1) is 5.92 Å². The van der Waals surface area contributed by atoms with Gasteiger partial charge < -0.3 is 20.7 Å². The Kier molecular flexibility index (Phi) is 6.81. The van der Waals surface area contributed by atoms with Gasteiger partial charge in [-0.2, -0.15) is 0 Å². The Hall–Kier alpha value is -3.26. The maximum absolute atomic E-state index is 13.4. The average molecular weight is 477 g/mol. The lowest BCUT2D eigenvalue weighted by Crippen LogP contribution is -2.49. The Labute approximate surface area is 205 Å². The zero-order valence-corrected chi connectivity index (χ0v) is 19.8. The van der Waals surface area contributed by atoms with Gasteiger partial charge in [0.2, 0.25) is 17.7 Å². The fraction of sp³-hybridized carbons (Fsp3) is 0.481. The van der Waals surface area contributed by atoms with Gasteiger partial charge in [0.05, 0.1) is 11.8 Å². The first-order chi connectivity index (χ1) is 17.0. The minimum absolute atomic E-state index is 0.00253. The van der Waals surface area contributed by atoms with E-state index in [9.17, 15) is 14.4 Å². The highest BCUT2D eigenvalue weighted by molar-refractivity contribution is 6.07. The molecule has 3 heterocycles. The first kappa shape index (κ1) is 23.5. The van der Waals surface area contributed by atoms with Gasteiger partial charge in [0.25, 0.3) is 0 Å². The lowest BCUT2D eigenvalue weighted by Gasteiger charge is -2.31. The second kappa shape index (κ2) is 10.2. The highest BCUT2D eigenvalue weighted by atomic mass is 16.5. The third-order valence-electron chi connectivity index (χ3n) is 7.67. The lowest BCUT2D eigenvalue weighted by molar-refractivity contribution is -0.127. The Bertz CT molecular complexity index is 1090. The van der Waals surface area contributed by atoms with Gasteiger partial charge in [0, 0.05) is 37.0 Å². The van der Waals surface area contributed by atoms with Gasteiger partial charge in [-0.15, -0.1) is 0 Å². The summed E-state index contributed by atoms with van der Waals surface area (Å²) in [4.78, 5) is 43.0. The van der Waals surface area contributed by atoms with Crippen LogP contribution in [0.25, 0.3) is 0 Å². The van der Waals surface area contributed by atoms with Gasteiger partial charge in [-0.05, 0) is 67.0 Å². The number of benzene rings is 1. The van der Waals surface area contributed by atoms with E-state index in [4.69, 9.17) is 4.74 Å². The number of hydrogen-bond acceptors (Lipinski definition) is 5. The number of carbonyl (C=O) groups excluding carboxylic acids is 3. The van der Waals surface area contributed by atoms with Gasteiger partial charge in [-0.3, -0.25) is 19.4 Å². The number of hydrogen-bond donors (Lipinski definition) is 3. The Morgan fingerprint density at radius 3 is 2.57 bits per heavy atom. The number of carbonyl (C=O) groups is 3. The molecule has 1 aromatic heterocycles. The van der Waals surface area contributed by atoms with Crippen LogP contribution in [0.4, 0.5) is 11.4 Å². The SMILES string of the molecule is O=C(Cc1ccncc1)NC(C(=O)Nc1ccc2c(c1)NC(=O)C21CCOCC1)C1CCCCC1. The van der Waals surface area contributed by atoms with E-state index >= 15 is 0 Å². The molecule has 5 rings (SSSR count). The summed E-state index contributed by atoms with van der Waals surface area (Å²) < 4.78 is 5.47. The molecule has 1 saturated heterocycles. The predicted molar refractivity (Wildman–Crippen MR) is 132 cm³/mol. The van der Waals surface area contributed by atoms with Crippen LogP contribution in [0.5, 0.6) is 0 Å². The van der Waals surface area contributed by atoms with E-state index in [2.05, 4.69) is 20.9 Å². The van der Waals surface area contributed by atoms with Crippen molar-refractivity contribution in [2.45, 2.75) is 62.8 Å². The minimum Gasteiger partial charge on any atom is -0.381 e. The summed E-state index contributed by atoms with van der Waals surface area (Å²) in [6.45, 7) is 1.13. The van der Waals surface area contributed by atoms with Crippen LogP contribution >= 0.6 is 0 Å². The average Bonchev–Trinajstić information content (AvgIpc) is 3.14. The first-order valence-electron chi connectivity index (χ1n) is 12.6. The highest BCUT2D eigenvalue weighted by Crippen LogP contribution is 2.45. The topological polar surface area (TPSA) is 109 Å². The maximum atomic E-state index is 13.4. The molecular formula is C27H32N4O4. The standard InChI is InChI=1S/C27H32N4O4/c32-23(16-18-8-12-28-13-9-18)31-24(19-4-2-1-3-5-19)25(33)29-20-6-7-21-22(17-20)30-26(34)27(21)10-14-35-15-11-27/h6-9,12-13,17,19,24H,1-5,10-11,14-16H2,(H,29,33)(H,30,34)(H,31,32). The van der Waals surface area contributed by atoms with Crippen molar-refractivity contribution in [3.8, 4) is 0 Å². The van der Waals surface area contributed by atoms with Gasteiger partial charge >= 0.3 is 0 Å². The van der Waals surface area contributed by atoms with Crippen molar-refractivity contribution >= 4 is 29.1 Å². The van der Waals surface area contributed by atoms with E-state index in [-0.39, 0.29) is 30.1 Å². The van der Waals surface area contributed by atoms with Gasteiger partial charge in [0.1, 0.15) is 6.04 Å². The quantitative estimate of drug-likeness (QED) is 0.593.